The number of fused-ring (bicyclic) bond motifs is 6. The molecule has 2 atom stereocenters. The molecule has 2 aromatic heterocycles. The summed E-state index contributed by atoms with van der Waals surface area (Å²) in [7, 11) is 4.25. The topological polar surface area (TPSA) is 369 Å². The summed E-state index contributed by atoms with van der Waals surface area (Å²) >= 11 is 0. The van der Waals surface area contributed by atoms with E-state index in [1.807, 2.05) is 24.3 Å². The number of quaternary nitrogens is 2. The van der Waals surface area contributed by atoms with Gasteiger partial charge in [0.2, 0.25) is 11.8 Å². The van der Waals surface area contributed by atoms with Crippen LogP contribution in [-0.4, -0.2) is 93.0 Å². The minimum atomic E-state index is -1.33. The number of carboxylic acid groups (broad SMARTS) is 4. The Balaban J connectivity index is 0.000000382. The van der Waals surface area contributed by atoms with Crippen LogP contribution in [0, 0.1) is 0 Å². The minimum Gasteiger partial charge on any atom is -0.550 e. The molecule has 2 heterocycles. The van der Waals surface area contributed by atoms with Crippen molar-refractivity contribution < 1.29 is 70.8 Å². The lowest BCUT2D eigenvalue weighted by Crippen LogP contribution is -2.87. The molecule has 2 aliphatic rings. The number of hydrogen-bond donors (Lipinski definition) is 8. The van der Waals surface area contributed by atoms with Crippen LogP contribution in [0.25, 0.3) is 21.8 Å². The normalized spacial score (nSPS) is 15.1. The van der Waals surface area contributed by atoms with E-state index in [0.717, 1.165) is 47.5 Å². The van der Waals surface area contributed by atoms with E-state index in [1.54, 1.807) is 12.1 Å². The number of benzene rings is 2. The van der Waals surface area contributed by atoms with Crippen molar-refractivity contribution in [2.45, 2.75) is 76.3 Å². The van der Waals surface area contributed by atoms with Crippen molar-refractivity contribution >= 4 is 57.5 Å². The molecule has 0 unspecified atom stereocenters. The van der Waals surface area contributed by atoms with Gasteiger partial charge < -0.3 is 73.0 Å². The van der Waals surface area contributed by atoms with Crippen LogP contribution in [0.15, 0.2) is 36.4 Å². The second kappa shape index (κ2) is 21.6. The quantitative estimate of drug-likeness (QED) is 0.0779. The largest absolute Gasteiger partial charge is 0.550 e. The Kier molecular flexibility index (Phi) is 18.5. The third-order valence-corrected chi connectivity index (χ3v) is 9.05. The lowest BCUT2D eigenvalue weighted by Gasteiger charge is -2.19. The summed E-state index contributed by atoms with van der Waals surface area (Å²) in [5.74, 6) is -5.61. The highest BCUT2D eigenvalue weighted by atomic mass is 16.4. The fraction of sp³-hybridized carbons (Fsp3) is 0.389. The zero-order chi connectivity index (χ0) is 38.5. The molecule has 0 spiro atoms. The van der Waals surface area contributed by atoms with Crippen molar-refractivity contribution in [3.63, 3.8) is 0 Å². The Morgan fingerprint density at radius 2 is 1.02 bits per heavy atom. The number of aromatic amines is 2. The first-order valence-corrected chi connectivity index (χ1v) is 16.9. The Bertz CT molecular complexity index is 1770. The summed E-state index contributed by atoms with van der Waals surface area (Å²) < 4.78 is 0. The van der Waals surface area contributed by atoms with Gasteiger partial charge in [-0.3, -0.25) is 19.2 Å². The number of carbonyl (C=O) groups excluding carboxylic acids is 4. The third kappa shape index (κ3) is 13.3. The second-order valence-electron chi connectivity index (χ2n) is 12.6. The van der Waals surface area contributed by atoms with Crippen molar-refractivity contribution in [2.24, 2.45) is 11.5 Å². The van der Waals surface area contributed by atoms with Crippen LogP contribution in [0.1, 0.15) is 81.8 Å². The summed E-state index contributed by atoms with van der Waals surface area (Å²) in [4.78, 5) is 67.7. The number of aliphatic carboxylic acids is 4. The van der Waals surface area contributed by atoms with Crippen LogP contribution in [0.4, 0.5) is 0 Å². The van der Waals surface area contributed by atoms with E-state index in [1.165, 1.54) is 35.4 Å². The second-order valence-corrected chi connectivity index (χ2v) is 12.6. The predicted molar refractivity (Wildman–Crippen MR) is 192 cm³/mol. The molecule has 0 aliphatic heterocycles. The Morgan fingerprint density at radius 3 is 1.28 bits per heavy atom. The summed E-state index contributed by atoms with van der Waals surface area (Å²) in [5.41, 5.74) is 19.5. The first kappa shape index (κ1) is 46.2. The number of amides is 2. The first-order chi connectivity index (χ1) is 24.6. The molecule has 16 N–H and O–H groups in total. The SMILES string of the molecule is C[NH2+][C@@H]1CCc2[nH]c3ccc(C(N)=O)cc3c2C1.C[NH2+][C@@H]1CCc2[nH]c3ccc(C(N)=O)cc3c2C1.O.O.O=C([O-])CCC(=O)O.O=C([O-])CCC(=O)O. The summed E-state index contributed by atoms with van der Waals surface area (Å²) in [5, 5.41) is 41.7. The number of hydrogen-bond acceptors (Lipinski definition) is 8. The Hall–Kier alpha value is -5.82. The van der Waals surface area contributed by atoms with Crippen LogP contribution in [0.3, 0.4) is 0 Å². The standard InChI is InChI=1S/2C14H17N3O.2C4H6O4.2H2O/c2*1-16-9-3-5-13-11(7-9)10-6-8(14(15)18)2-4-12(10)17-13;2*5-3(6)1-2-4(7)8;;/h2*2,4,6,9,16-17H,3,5,7H2,1H3,(H2,15,18);2*1-2H2,(H,5,6)(H,7,8);2*1H2/t2*9-;;;;/m11..../s1. The number of aryl methyl sites for hydroxylation is 2. The molecular weight excluding hydrogens is 708 g/mol. The van der Waals surface area contributed by atoms with Gasteiger partial charge in [-0.1, -0.05) is 0 Å². The lowest BCUT2D eigenvalue weighted by molar-refractivity contribution is -0.664. The number of nitrogens with one attached hydrogen (secondary N) is 2. The van der Waals surface area contributed by atoms with E-state index < -0.39 is 36.7 Å². The molecule has 2 aliphatic carbocycles. The van der Waals surface area contributed by atoms with Crippen LogP contribution >= 0.6 is 0 Å². The maximum Gasteiger partial charge on any atom is 0.303 e. The fourth-order valence-corrected chi connectivity index (χ4v) is 6.18. The van der Waals surface area contributed by atoms with Crippen LogP contribution in [-0.2, 0) is 44.9 Å². The molecule has 2 aromatic carbocycles. The van der Waals surface area contributed by atoms with Crippen LogP contribution in [0.5, 0.6) is 0 Å². The lowest BCUT2D eigenvalue weighted by atomic mass is 9.91. The van der Waals surface area contributed by atoms with Crippen molar-refractivity contribution in [1.29, 1.82) is 0 Å². The van der Waals surface area contributed by atoms with Crippen LogP contribution < -0.4 is 32.3 Å². The van der Waals surface area contributed by atoms with Crippen molar-refractivity contribution in [3.05, 3.63) is 70.0 Å². The van der Waals surface area contributed by atoms with Gasteiger partial charge in [0.15, 0.2) is 0 Å². The molecule has 54 heavy (non-hydrogen) atoms. The summed E-state index contributed by atoms with van der Waals surface area (Å²) in [6.45, 7) is 0. The van der Waals surface area contributed by atoms with E-state index in [0.29, 0.717) is 23.2 Å². The Morgan fingerprint density at radius 1 is 0.667 bits per heavy atom. The summed E-state index contributed by atoms with van der Waals surface area (Å²) in [6.07, 6.45) is 5.19. The number of likely N-dealkylation sites (N-methyl/N-ethyl adjacent to an activating group) is 2. The van der Waals surface area contributed by atoms with Gasteiger partial charge in [-0.25, -0.2) is 0 Å². The number of carbonyl (C=O) groups is 6. The molecular formula is C36H50N6O12. The van der Waals surface area contributed by atoms with E-state index >= 15 is 0 Å². The highest BCUT2D eigenvalue weighted by Crippen LogP contribution is 2.30. The molecule has 0 saturated carbocycles. The van der Waals surface area contributed by atoms with Gasteiger partial charge in [-0.15, -0.1) is 0 Å². The maximum atomic E-state index is 11.3. The number of rotatable bonds is 10. The molecule has 0 fully saturated rings. The molecule has 296 valence electrons. The van der Waals surface area contributed by atoms with Crippen LogP contribution in [0.2, 0.25) is 0 Å². The van der Waals surface area contributed by atoms with Gasteiger partial charge in [0.05, 0.1) is 39.0 Å². The molecule has 0 bridgehead atoms. The third-order valence-electron chi connectivity index (χ3n) is 9.05. The number of carboxylic acids is 4. The number of H-pyrrole nitrogens is 2. The zero-order valence-electron chi connectivity index (χ0n) is 30.2. The van der Waals surface area contributed by atoms with Gasteiger partial charge in [0.1, 0.15) is 0 Å². The average molecular weight is 759 g/mol. The van der Waals surface area contributed by atoms with Gasteiger partial charge in [-0.05, 0) is 73.2 Å². The van der Waals surface area contributed by atoms with Crippen molar-refractivity contribution in [3.8, 4) is 0 Å². The van der Waals surface area contributed by atoms with Crippen molar-refractivity contribution in [2.75, 3.05) is 14.1 Å². The van der Waals surface area contributed by atoms with Gasteiger partial charge in [0.25, 0.3) is 0 Å². The van der Waals surface area contributed by atoms with Crippen molar-refractivity contribution in [1.82, 2.24) is 9.97 Å². The first-order valence-electron chi connectivity index (χ1n) is 16.9. The van der Waals surface area contributed by atoms with E-state index in [4.69, 9.17) is 21.7 Å². The molecule has 6 rings (SSSR count). The maximum absolute atomic E-state index is 11.3. The highest BCUT2D eigenvalue weighted by Gasteiger charge is 2.25. The molecule has 0 saturated heterocycles. The number of aromatic nitrogens is 2. The summed E-state index contributed by atoms with van der Waals surface area (Å²) in [6, 6.07) is 12.6. The van der Waals surface area contributed by atoms with E-state index in [2.05, 4.69) is 34.7 Å². The Labute approximate surface area is 309 Å². The molecule has 4 aromatic rings. The highest BCUT2D eigenvalue weighted by molar-refractivity contribution is 5.99. The molecule has 18 heteroatoms. The van der Waals surface area contributed by atoms with E-state index in [-0.39, 0.29) is 35.6 Å². The predicted octanol–water partition coefficient (Wildman–Crippen LogP) is -3.81. The molecule has 2 amide bonds. The van der Waals surface area contributed by atoms with Gasteiger partial charge in [0, 0.05) is 81.9 Å². The molecule has 0 radical (unpaired) electrons. The fourth-order valence-electron chi connectivity index (χ4n) is 6.18. The average Bonchev–Trinajstić information content (AvgIpc) is 3.67. The minimum absolute atomic E-state index is 0. The monoisotopic (exact) mass is 758 g/mol. The number of nitrogens with two attached hydrogens (primary N) is 4. The number of primary amides is 2. The van der Waals surface area contributed by atoms with Gasteiger partial charge >= 0.3 is 11.9 Å². The molecule has 18 nitrogen and oxygen atoms in total. The van der Waals surface area contributed by atoms with Gasteiger partial charge in [-0.2, -0.15) is 0 Å². The van der Waals surface area contributed by atoms with E-state index in [9.17, 15) is 39.0 Å². The smallest absolute Gasteiger partial charge is 0.303 e. The zero-order valence-corrected chi connectivity index (χ0v) is 30.2.